The Hall–Kier alpha value is -0.610. The Balaban J connectivity index is 2.79. The quantitative estimate of drug-likeness (QED) is 0.760. The number of hydrogen-bond donors (Lipinski definition) is 1. The van der Waals surface area contributed by atoms with E-state index in [1.807, 2.05) is 17.6 Å². The Morgan fingerprint density at radius 2 is 2.36 bits per heavy atom. The number of nitrogens with zero attached hydrogens (tertiary/aromatic N) is 1. The van der Waals surface area contributed by atoms with Crippen molar-refractivity contribution in [2.24, 2.45) is 0 Å². The molecule has 56 valence electrons. The van der Waals surface area contributed by atoms with Crippen LogP contribution in [0.2, 0.25) is 0 Å². The molecule has 2 nitrogen and oxygen atoms in total. The third kappa shape index (κ3) is 1.12. The number of anilines is 1. The van der Waals surface area contributed by atoms with Gasteiger partial charge in [0.1, 0.15) is 5.52 Å². The van der Waals surface area contributed by atoms with Gasteiger partial charge in [-0.15, -0.1) is 11.3 Å². The molecule has 0 aliphatic heterocycles. The predicted molar refractivity (Wildman–Crippen MR) is 52.2 cm³/mol. The largest absolute Gasteiger partial charge is 0.320 e. The van der Waals surface area contributed by atoms with Crippen LogP contribution in [0.5, 0.6) is 0 Å². The van der Waals surface area contributed by atoms with E-state index in [2.05, 4.69) is 31.5 Å². The summed E-state index contributed by atoms with van der Waals surface area (Å²) in [6, 6.07) is 6.04. The molecule has 1 aromatic carbocycles. The summed E-state index contributed by atoms with van der Waals surface area (Å²) in [6.45, 7) is 0. The van der Waals surface area contributed by atoms with E-state index >= 15 is 0 Å². The molecule has 0 aliphatic rings. The van der Waals surface area contributed by atoms with Gasteiger partial charge in [0.15, 0.2) is 0 Å². The van der Waals surface area contributed by atoms with Crippen LogP contribution in [-0.2, 0) is 0 Å². The molecule has 0 atom stereocenters. The van der Waals surface area contributed by atoms with Crippen molar-refractivity contribution in [1.29, 1.82) is 0 Å². The van der Waals surface area contributed by atoms with Crippen molar-refractivity contribution in [2.75, 3.05) is 4.34 Å². The van der Waals surface area contributed by atoms with Gasteiger partial charge in [0.2, 0.25) is 0 Å². The number of aromatic nitrogens is 1. The number of fused-ring (bicyclic) bond motifs is 1. The average Bonchev–Trinajstić information content (AvgIpc) is 2.50. The molecule has 1 N–H and O–H groups in total. The molecule has 0 unspecified atom stereocenters. The van der Waals surface area contributed by atoms with E-state index in [0.717, 1.165) is 11.2 Å². The van der Waals surface area contributed by atoms with Crippen LogP contribution in [-0.4, -0.2) is 4.98 Å². The van der Waals surface area contributed by atoms with Crippen molar-refractivity contribution in [3.05, 3.63) is 23.7 Å². The number of thiazole rings is 1. The van der Waals surface area contributed by atoms with Gasteiger partial charge in [0.05, 0.1) is 15.9 Å². The maximum absolute atomic E-state index is 4.22. The lowest BCUT2D eigenvalue weighted by atomic mass is 10.3. The van der Waals surface area contributed by atoms with E-state index in [1.165, 1.54) is 4.70 Å². The zero-order chi connectivity index (χ0) is 7.68. The monoisotopic (exact) mass is 228 g/mol. The van der Waals surface area contributed by atoms with Gasteiger partial charge in [-0.3, -0.25) is 0 Å². The molecule has 1 heterocycles. The fourth-order valence-corrected chi connectivity index (χ4v) is 1.99. The molecule has 2 aromatic rings. The van der Waals surface area contributed by atoms with E-state index in [9.17, 15) is 0 Å². The number of hydrogen-bond acceptors (Lipinski definition) is 3. The van der Waals surface area contributed by atoms with Crippen LogP contribution < -0.4 is 4.34 Å². The molecule has 2 rings (SSSR count). The highest BCUT2D eigenvalue weighted by Gasteiger charge is 1.99. The van der Waals surface area contributed by atoms with Crippen molar-refractivity contribution in [1.82, 2.24) is 4.98 Å². The first-order valence-electron chi connectivity index (χ1n) is 3.10. The average molecular weight is 229 g/mol. The van der Waals surface area contributed by atoms with Gasteiger partial charge >= 0.3 is 0 Å². The zero-order valence-corrected chi connectivity index (χ0v) is 7.95. The number of rotatable bonds is 1. The highest BCUT2D eigenvalue weighted by Crippen LogP contribution is 2.25. The van der Waals surface area contributed by atoms with Crippen LogP contribution >= 0.6 is 27.5 Å². The number of para-hydroxylation sites is 1. The lowest BCUT2D eigenvalue weighted by molar-refractivity contribution is 1.50. The van der Waals surface area contributed by atoms with Crippen molar-refractivity contribution < 1.29 is 0 Å². The number of nitrogens with one attached hydrogen (secondary N) is 1. The molecule has 4 heteroatoms. The van der Waals surface area contributed by atoms with Crippen LogP contribution in [0, 0.1) is 0 Å². The minimum absolute atomic E-state index is 1.02. The van der Waals surface area contributed by atoms with Crippen molar-refractivity contribution in [2.45, 2.75) is 0 Å². The van der Waals surface area contributed by atoms with Crippen LogP contribution in [0.3, 0.4) is 0 Å². The van der Waals surface area contributed by atoms with Crippen molar-refractivity contribution >= 4 is 43.4 Å². The Kier molecular flexibility index (Phi) is 1.79. The lowest BCUT2D eigenvalue weighted by Crippen LogP contribution is -1.79. The van der Waals surface area contributed by atoms with Gasteiger partial charge in [-0.25, -0.2) is 4.98 Å². The summed E-state index contributed by atoms with van der Waals surface area (Å²) < 4.78 is 4.12. The smallest absolute Gasteiger partial charge is 0.105 e. The van der Waals surface area contributed by atoms with E-state index in [0.29, 0.717) is 0 Å². The van der Waals surface area contributed by atoms with Gasteiger partial charge in [0, 0.05) is 16.1 Å². The normalized spacial score (nSPS) is 10.3. The second-order valence-corrected chi connectivity index (χ2v) is 3.38. The predicted octanol–water partition coefficient (Wildman–Crippen LogP) is 3.02. The minimum atomic E-state index is 1.02. The van der Waals surface area contributed by atoms with E-state index in [-0.39, 0.29) is 0 Å². The Labute approximate surface area is 76.6 Å². The lowest BCUT2D eigenvalue weighted by Gasteiger charge is -1.96. The standard InChI is InChI=1S/C7H5BrN2S/c8-10-5-2-1-3-6-7(5)9-4-11-6/h1-4,10H. The first-order chi connectivity index (χ1) is 5.42. The maximum atomic E-state index is 4.22. The first-order valence-corrected chi connectivity index (χ1v) is 4.78. The van der Waals surface area contributed by atoms with Gasteiger partial charge in [-0.05, 0) is 12.1 Å². The molecule has 0 bridgehead atoms. The molecular weight excluding hydrogens is 224 g/mol. The Bertz CT molecular complexity index is 371. The molecule has 0 radical (unpaired) electrons. The molecule has 0 fully saturated rings. The van der Waals surface area contributed by atoms with Crippen LogP contribution in [0.15, 0.2) is 23.7 Å². The second-order valence-electron chi connectivity index (χ2n) is 2.10. The summed E-state index contributed by atoms with van der Waals surface area (Å²) in [5.74, 6) is 0. The molecule has 0 saturated heterocycles. The molecule has 11 heavy (non-hydrogen) atoms. The molecule has 0 amide bonds. The van der Waals surface area contributed by atoms with Gasteiger partial charge < -0.3 is 4.34 Å². The fourth-order valence-electron chi connectivity index (χ4n) is 0.963. The van der Waals surface area contributed by atoms with E-state index in [1.54, 1.807) is 11.3 Å². The topological polar surface area (TPSA) is 24.9 Å². The second kappa shape index (κ2) is 2.79. The first kappa shape index (κ1) is 7.06. The number of benzene rings is 1. The van der Waals surface area contributed by atoms with Crippen LogP contribution in [0.25, 0.3) is 10.2 Å². The highest BCUT2D eigenvalue weighted by atomic mass is 79.9. The summed E-state index contributed by atoms with van der Waals surface area (Å²) in [5, 5.41) is 0. The molecule has 0 aliphatic carbocycles. The van der Waals surface area contributed by atoms with E-state index < -0.39 is 0 Å². The zero-order valence-electron chi connectivity index (χ0n) is 5.54. The SMILES string of the molecule is BrNc1cccc2scnc12. The fraction of sp³-hybridized carbons (Fsp3) is 0. The Morgan fingerprint density at radius 3 is 3.18 bits per heavy atom. The molecule has 1 aromatic heterocycles. The molecule has 0 saturated carbocycles. The molecular formula is C7H5BrN2S. The van der Waals surface area contributed by atoms with Gasteiger partial charge in [-0.2, -0.15) is 0 Å². The summed E-state index contributed by atoms with van der Waals surface area (Å²) in [6.07, 6.45) is 0. The van der Waals surface area contributed by atoms with Gasteiger partial charge in [0.25, 0.3) is 0 Å². The van der Waals surface area contributed by atoms with Crippen molar-refractivity contribution in [3.63, 3.8) is 0 Å². The summed E-state index contributed by atoms with van der Waals surface area (Å²) in [5.41, 5.74) is 3.89. The Morgan fingerprint density at radius 1 is 1.45 bits per heavy atom. The highest BCUT2D eigenvalue weighted by molar-refractivity contribution is 9.10. The summed E-state index contributed by atoms with van der Waals surface area (Å²) >= 11 is 4.82. The van der Waals surface area contributed by atoms with Gasteiger partial charge in [-0.1, -0.05) is 6.07 Å². The third-order valence-corrected chi connectivity index (χ3v) is 2.68. The summed E-state index contributed by atoms with van der Waals surface area (Å²) in [4.78, 5) is 4.22. The van der Waals surface area contributed by atoms with Crippen LogP contribution in [0.4, 0.5) is 5.69 Å². The van der Waals surface area contributed by atoms with Crippen molar-refractivity contribution in [3.8, 4) is 0 Å². The van der Waals surface area contributed by atoms with E-state index in [4.69, 9.17) is 0 Å². The maximum Gasteiger partial charge on any atom is 0.105 e. The number of halogens is 1. The van der Waals surface area contributed by atoms with Crippen LogP contribution in [0.1, 0.15) is 0 Å². The third-order valence-electron chi connectivity index (χ3n) is 1.46. The minimum Gasteiger partial charge on any atom is -0.320 e. The summed E-state index contributed by atoms with van der Waals surface area (Å²) in [7, 11) is 0. The molecule has 0 spiro atoms.